The van der Waals surface area contributed by atoms with Gasteiger partial charge >= 0.3 is 0 Å². The number of hydrogen-bond donors (Lipinski definition) is 1. The molecule has 0 aliphatic rings. The van der Waals surface area contributed by atoms with Crippen LogP contribution in [0.2, 0.25) is 0 Å². The maximum atomic E-state index is 5.16. The van der Waals surface area contributed by atoms with Gasteiger partial charge in [-0.05, 0) is 6.92 Å². The molecule has 20 heavy (non-hydrogen) atoms. The Balaban J connectivity index is 1.74. The van der Waals surface area contributed by atoms with Gasteiger partial charge in [0.2, 0.25) is 5.89 Å². The van der Waals surface area contributed by atoms with Crippen molar-refractivity contribution in [2.75, 3.05) is 5.32 Å². The highest BCUT2D eigenvalue weighted by Gasteiger charge is 2.13. The Morgan fingerprint density at radius 1 is 1.35 bits per heavy atom. The van der Waals surface area contributed by atoms with Crippen molar-refractivity contribution in [2.45, 2.75) is 33.2 Å². The normalized spacial score (nSPS) is 11.7. The standard InChI is InChI=1S/C12H16N6OS/c1-6(2)11-14-8(17-19-11)5-13-12-15-10-9(20-12)7(3)16-18(10)4/h6H,5H2,1-4H3,(H,13,15). The summed E-state index contributed by atoms with van der Waals surface area (Å²) in [5.74, 6) is 1.54. The Hall–Kier alpha value is -1.96. The first-order valence-corrected chi connectivity index (χ1v) is 7.22. The van der Waals surface area contributed by atoms with Crippen molar-refractivity contribution < 1.29 is 4.52 Å². The van der Waals surface area contributed by atoms with Crippen molar-refractivity contribution >= 4 is 26.8 Å². The average Bonchev–Trinajstić information content (AvgIpc) is 3.07. The molecule has 8 heteroatoms. The molecule has 7 nitrogen and oxygen atoms in total. The van der Waals surface area contributed by atoms with Gasteiger partial charge in [0.1, 0.15) is 0 Å². The van der Waals surface area contributed by atoms with Crippen LogP contribution in [0.1, 0.15) is 37.2 Å². The lowest BCUT2D eigenvalue weighted by molar-refractivity contribution is 0.361. The summed E-state index contributed by atoms with van der Waals surface area (Å²) in [5, 5.41) is 12.3. The molecule has 3 aromatic rings. The van der Waals surface area contributed by atoms with Gasteiger partial charge in [-0.2, -0.15) is 10.1 Å². The molecule has 0 aromatic carbocycles. The van der Waals surface area contributed by atoms with Gasteiger partial charge in [-0.25, -0.2) is 9.67 Å². The molecule has 3 heterocycles. The van der Waals surface area contributed by atoms with E-state index in [2.05, 4.69) is 25.5 Å². The first kappa shape index (κ1) is 13.0. The quantitative estimate of drug-likeness (QED) is 0.795. The molecule has 0 aliphatic carbocycles. The van der Waals surface area contributed by atoms with E-state index in [1.54, 1.807) is 16.0 Å². The van der Waals surface area contributed by atoms with Crippen molar-refractivity contribution in [1.29, 1.82) is 0 Å². The Morgan fingerprint density at radius 3 is 2.80 bits per heavy atom. The van der Waals surface area contributed by atoms with Crippen LogP contribution < -0.4 is 5.32 Å². The molecule has 0 atom stereocenters. The predicted molar refractivity (Wildman–Crippen MR) is 76.8 cm³/mol. The van der Waals surface area contributed by atoms with Crippen LogP contribution in [-0.2, 0) is 13.6 Å². The van der Waals surface area contributed by atoms with Crippen molar-refractivity contribution in [1.82, 2.24) is 24.9 Å². The number of thiazole rings is 1. The molecule has 106 valence electrons. The van der Waals surface area contributed by atoms with Gasteiger partial charge in [0.15, 0.2) is 16.6 Å². The summed E-state index contributed by atoms with van der Waals surface area (Å²) in [7, 11) is 1.90. The predicted octanol–water partition coefficient (Wildman–Crippen LogP) is 2.46. The Labute approximate surface area is 120 Å². The summed E-state index contributed by atoms with van der Waals surface area (Å²) in [4.78, 5) is 8.83. The smallest absolute Gasteiger partial charge is 0.229 e. The summed E-state index contributed by atoms with van der Waals surface area (Å²) in [6, 6.07) is 0. The molecule has 0 radical (unpaired) electrons. The van der Waals surface area contributed by atoms with E-state index in [1.165, 1.54) is 0 Å². The van der Waals surface area contributed by atoms with Crippen LogP contribution in [0.25, 0.3) is 10.3 Å². The van der Waals surface area contributed by atoms with Crippen LogP contribution in [-0.4, -0.2) is 24.9 Å². The molecule has 3 rings (SSSR count). The molecular formula is C12H16N6OS. The minimum Gasteiger partial charge on any atom is -0.354 e. The highest BCUT2D eigenvalue weighted by Crippen LogP contribution is 2.28. The number of anilines is 1. The fourth-order valence-electron chi connectivity index (χ4n) is 1.89. The fourth-order valence-corrected chi connectivity index (χ4v) is 2.82. The first-order valence-electron chi connectivity index (χ1n) is 6.41. The van der Waals surface area contributed by atoms with E-state index in [4.69, 9.17) is 4.52 Å². The molecular weight excluding hydrogens is 276 g/mol. The van der Waals surface area contributed by atoms with E-state index in [9.17, 15) is 0 Å². The summed E-state index contributed by atoms with van der Waals surface area (Å²) in [6.45, 7) is 6.53. The second kappa shape index (κ2) is 4.86. The van der Waals surface area contributed by atoms with Crippen LogP contribution in [0.15, 0.2) is 4.52 Å². The first-order chi connectivity index (χ1) is 9.54. The number of fused-ring (bicyclic) bond motifs is 1. The van der Waals surface area contributed by atoms with Crippen molar-refractivity contribution in [3.05, 3.63) is 17.4 Å². The van der Waals surface area contributed by atoms with Crippen molar-refractivity contribution in [3.8, 4) is 0 Å². The number of rotatable bonds is 4. The summed E-state index contributed by atoms with van der Waals surface area (Å²) >= 11 is 1.59. The van der Waals surface area contributed by atoms with E-state index in [1.807, 2.05) is 27.8 Å². The van der Waals surface area contributed by atoms with Gasteiger partial charge in [0, 0.05) is 13.0 Å². The third kappa shape index (κ3) is 2.26. The Morgan fingerprint density at radius 2 is 2.15 bits per heavy atom. The summed E-state index contributed by atoms with van der Waals surface area (Å²) in [5.41, 5.74) is 1.89. The van der Waals surface area contributed by atoms with Crippen LogP contribution in [0.4, 0.5) is 5.13 Å². The van der Waals surface area contributed by atoms with Crippen LogP contribution in [0.3, 0.4) is 0 Å². The van der Waals surface area contributed by atoms with Gasteiger partial charge in [-0.3, -0.25) is 0 Å². The Bertz CT molecular complexity index is 706. The maximum absolute atomic E-state index is 5.16. The monoisotopic (exact) mass is 292 g/mol. The van der Waals surface area contributed by atoms with E-state index in [-0.39, 0.29) is 5.92 Å². The Kier molecular flexibility index (Phi) is 3.17. The topological polar surface area (TPSA) is 81.7 Å². The lowest BCUT2D eigenvalue weighted by atomic mass is 10.2. The number of nitrogens with zero attached hydrogens (tertiary/aromatic N) is 5. The van der Waals surface area contributed by atoms with E-state index in [0.717, 1.165) is 21.2 Å². The van der Waals surface area contributed by atoms with Gasteiger partial charge < -0.3 is 9.84 Å². The van der Waals surface area contributed by atoms with Crippen LogP contribution >= 0.6 is 11.3 Å². The number of aromatic nitrogens is 5. The van der Waals surface area contributed by atoms with Gasteiger partial charge in [0.25, 0.3) is 0 Å². The number of hydrogen-bond acceptors (Lipinski definition) is 7. The molecule has 0 unspecified atom stereocenters. The van der Waals surface area contributed by atoms with E-state index < -0.39 is 0 Å². The fraction of sp³-hybridized carbons (Fsp3) is 0.500. The third-order valence-electron chi connectivity index (χ3n) is 2.92. The van der Waals surface area contributed by atoms with Crippen LogP contribution in [0, 0.1) is 6.92 Å². The minimum atomic E-state index is 0.243. The summed E-state index contributed by atoms with van der Waals surface area (Å²) < 4.78 is 8.06. The average molecular weight is 292 g/mol. The van der Waals surface area contributed by atoms with E-state index in [0.29, 0.717) is 18.3 Å². The van der Waals surface area contributed by atoms with Gasteiger partial charge in [-0.1, -0.05) is 30.3 Å². The van der Waals surface area contributed by atoms with E-state index >= 15 is 0 Å². The zero-order chi connectivity index (χ0) is 14.3. The summed E-state index contributed by atoms with van der Waals surface area (Å²) in [6.07, 6.45) is 0. The lowest BCUT2D eigenvalue weighted by Crippen LogP contribution is -2.01. The SMILES string of the molecule is Cc1nn(C)c2nc(NCc3noc(C(C)C)n3)sc12. The molecule has 0 saturated heterocycles. The highest BCUT2D eigenvalue weighted by molar-refractivity contribution is 7.22. The highest BCUT2D eigenvalue weighted by atomic mass is 32.1. The molecule has 0 saturated carbocycles. The largest absolute Gasteiger partial charge is 0.354 e. The van der Waals surface area contributed by atoms with Crippen LogP contribution in [0.5, 0.6) is 0 Å². The zero-order valence-corrected chi connectivity index (χ0v) is 12.7. The number of nitrogens with one attached hydrogen (secondary N) is 1. The molecule has 0 spiro atoms. The molecule has 0 aliphatic heterocycles. The van der Waals surface area contributed by atoms with Gasteiger partial charge in [0.05, 0.1) is 16.9 Å². The van der Waals surface area contributed by atoms with Crippen molar-refractivity contribution in [3.63, 3.8) is 0 Å². The van der Waals surface area contributed by atoms with Crippen molar-refractivity contribution in [2.24, 2.45) is 7.05 Å². The molecule has 1 N–H and O–H groups in total. The molecule has 0 fully saturated rings. The molecule has 0 bridgehead atoms. The van der Waals surface area contributed by atoms with Gasteiger partial charge in [-0.15, -0.1) is 0 Å². The second-order valence-corrected chi connectivity index (χ2v) is 5.94. The number of aryl methyl sites for hydroxylation is 2. The maximum Gasteiger partial charge on any atom is 0.229 e. The minimum absolute atomic E-state index is 0.243. The second-order valence-electron chi connectivity index (χ2n) is 4.94. The third-order valence-corrected chi connectivity index (χ3v) is 4.03. The molecule has 3 aromatic heterocycles. The molecule has 0 amide bonds. The zero-order valence-electron chi connectivity index (χ0n) is 11.8. The lowest BCUT2D eigenvalue weighted by Gasteiger charge is -1.97.